The van der Waals surface area contributed by atoms with Gasteiger partial charge in [-0.05, 0) is 31.7 Å². The second-order valence-corrected chi connectivity index (χ2v) is 5.18. The van der Waals surface area contributed by atoms with E-state index in [9.17, 15) is 4.79 Å². The molecule has 1 aromatic carbocycles. The highest BCUT2D eigenvalue weighted by molar-refractivity contribution is 5.72. The van der Waals surface area contributed by atoms with E-state index in [2.05, 4.69) is 29.6 Å². The third-order valence-electron chi connectivity index (χ3n) is 3.73. The second kappa shape index (κ2) is 7.29. The Morgan fingerprint density at radius 1 is 1.32 bits per heavy atom. The largest absolute Gasteiger partial charge is 0.466 e. The highest BCUT2D eigenvalue weighted by Crippen LogP contribution is 2.25. The molecular formula is C16H23NO2. The lowest BCUT2D eigenvalue weighted by atomic mass is 9.85. The maximum absolute atomic E-state index is 11.8. The normalized spacial score (nSPS) is 23.0. The number of carbonyl (C=O) groups excluding carboxylic acids is 1. The Morgan fingerprint density at radius 2 is 2.11 bits per heavy atom. The van der Waals surface area contributed by atoms with Crippen molar-refractivity contribution in [2.45, 2.75) is 45.2 Å². The monoisotopic (exact) mass is 261 g/mol. The molecule has 0 amide bonds. The minimum Gasteiger partial charge on any atom is -0.466 e. The molecule has 1 aromatic rings. The van der Waals surface area contributed by atoms with Crippen molar-refractivity contribution in [3.63, 3.8) is 0 Å². The fourth-order valence-electron chi connectivity index (χ4n) is 2.71. The van der Waals surface area contributed by atoms with Crippen LogP contribution in [0.2, 0.25) is 0 Å². The first-order chi connectivity index (χ1) is 9.29. The van der Waals surface area contributed by atoms with E-state index in [4.69, 9.17) is 4.74 Å². The average molecular weight is 261 g/mol. The molecule has 3 heteroatoms. The van der Waals surface area contributed by atoms with E-state index in [1.807, 2.05) is 13.0 Å². The van der Waals surface area contributed by atoms with Crippen LogP contribution in [0.5, 0.6) is 0 Å². The molecule has 2 rings (SSSR count). The molecule has 0 saturated heterocycles. The molecular weight excluding hydrogens is 238 g/mol. The second-order valence-electron chi connectivity index (χ2n) is 5.18. The summed E-state index contributed by atoms with van der Waals surface area (Å²) >= 11 is 0. The summed E-state index contributed by atoms with van der Waals surface area (Å²) in [6.45, 7) is 3.23. The molecule has 1 fully saturated rings. The summed E-state index contributed by atoms with van der Waals surface area (Å²) in [5.41, 5.74) is 1.29. The lowest BCUT2D eigenvalue weighted by Crippen LogP contribution is -2.36. The molecule has 3 nitrogen and oxygen atoms in total. The van der Waals surface area contributed by atoms with E-state index in [1.165, 1.54) is 5.56 Å². The fraction of sp³-hybridized carbons (Fsp3) is 0.562. The maximum Gasteiger partial charge on any atom is 0.308 e. The van der Waals surface area contributed by atoms with Crippen molar-refractivity contribution in [3.8, 4) is 0 Å². The van der Waals surface area contributed by atoms with Crippen LogP contribution in [0.15, 0.2) is 30.3 Å². The van der Waals surface area contributed by atoms with Gasteiger partial charge >= 0.3 is 5.97 Å². The van der Waals surface area contributed by atoms with Crippen LogP contribution >= 0.6 is 0 Å². The van der Waals surface area contributed by atoms with E-state index in [0.29, 0.717) is 12.6 Å². The van der Waals surface area contributed by atoms with Crippen molar-refractivity contribution >= 4 is 5.97 Å². The van der Waals surface area contributed by atoms with Crippen LogP contribution in [-0.2, 0) is 16.1 Å². The van der Waals surface area contributed by atoms with E-state index in [-0.39, 0.29) is 11.9 Å². The van der Waals surface area contributed by atoms with Gasteiger partial charge in [0.15, 0.2) is 0 Å². The number of hydrogen-bond acceptors (Lipinski definition) is 3. The van der Waals surface area contributed by atoms with Crippen LogP contribution in [0, 0.1) is 5.92 Å². The number of hydrogen-bond donors (Lipinski definition) is 1. The summed E-state index contributed by atoms with van der Waals surface area (Å²) in [5, 5.41) is 3.56. The Kier molecular flexibility index (Phi) is 5.40. The van der Waals surface area contributed by atoms with Crippen molar-refractivity contribution in [3.05, 3.63) is 35.9 Å². The zero-order chi connectivity index (χ0) is 13.5. The first-order valence-electron chi connectivity index (χ1n) is 7.23. The molecule has 0 aliphatic heterocycles. The zero-order valence-electron chi connectivity index (χ0n) is 11.6. The van der Waals surface area contributed by atoms with Crippen molar-refractivity contribution in [2.24, 2.45) is 5.92 Å². The Balaban J connectivity index is 1.79. The third-order valence-corrected chi connectivity index (χ3v) is 3.73. The van der Waals surface area contributed by atoms with Crippen LogP contribution in [0.1, 0.15) is 38.2 Å². The molecule has 0 radical (unpaired) electrons. The first kappa shape index (κ1) is 14.1. The SMILES string of the molecule is CCOC(=O)C1CCCC(NCc2ccccc2)C1. The van der Waals surface area contributed by atoms with Crippen LogP contribution in [0.25, 0.3) is 0 Å². The van der Waals surface area contributed by atoms with Gasteiger partial charge in [0, 0.05) is 12.6 Å². The molecule has 0 bridgehead atoms. The van der Waals surface area contributed by atoms with Crippen molar-refractivity contribution in [1.82, 2.24) is 5.32 Å². The Morgan fingerprint density at radius 3 is 2.84 bits per heavy atom. The predicted octanol–water partition coefficient (Wildman–Crippen LogP) is 2.90. The number of benzene rings is 1. The smallest absolute Gasteiger partial charge is 0.308 e. The summed E-state index contributed by atoms with van der Waals surface area (Å²) in [6, 6.07) is 10.8. The predicted molar refractivity (Wildman–Crippen MR) is 75.7 cm³/mol. The number of carbonyl (C=O) groups is 1. The summed E-state index contributed by atoms with van der Waals surface area (Å²) in [6.07, 6.45) is 4.15. The van der Waals surface area contributed by atoms with Gasteiger partial charge in [-0.2, -0.15) is 0 Å². The van der Waals surface area contributed by atoms with Gasteiger partial charge in [0.1, 0.15) is 0 Å². The van der Waals surface area contributed by atoms with Gasteiger partial charge in [0.25, 0.3) is 0 Å². The van der Waals surface area contributed by atoms with Crippen molar-refractivity contribution < 1.29 is 9.53 Å². The van der Waals surface area contributed by atoms with Gasteiger partial charge in [-0.15, -0.1) is 0 Å². The summed E-state index contributed by atoms with van der Waals surface area (Å²) < 4.78 is 5.13. The zero-order valence-corrected chi connectivity index (χ0v) is 11.6. The van der Waals surface area contributed by atoms with E-state index in [1.54, 1.807) is 0 Å². The molecule has 0 heterocycles. The molecule has 0 aromatic heterocycles. The minimum atomic E-state index is -0.0197. The number of esters is 1. The van der Waals surface area contributed by atoms with Gasteiger partial charge in [0.2, 0.25) is 0 Å². The van der Waals surface area contributed by atoms with Gasteiger partial charge in [-0.3, -0.25) is 4.79 Å². The Labute approximate surface area is 115 Å². The fourth-order valence-corrected chi connectivity index (χ4v) is 2.71. The third kappa shape index (κ3) is 4.35. The number of nitrogens with one attached hydrogen (secondary N) is 1. The molecule has 0 spiro atoms. The summed E-state index contributed by atoms with van der Waals surface area (Å²) in [7, 11) is 0. The molecule has 2 unspecified atom stereocenters. The van der Waals surface area contributed by atoms with Crippen LogP contribution < -0.4 is 5.32 Å². The van der Waals surface area contributed by atoms with E-state index in [0.717, 1.165) is 32.2 Å². The highest BCUT2D eigenvalue weighted by Gasteiger charge is 2.27. The van der Waals surface area contributed by atoms with Crippen LogP contribution in [0.3, 0.4) is 0 Å². The molecule has 1 N–H and O–H groups in total. The molecule has 2 atom stereocenters. The maximum atomic E-state index is 11.8. The average Bonchev–Trinajstić information content (AvgIpc) is 2.47. The Hall–Kier alpha value is -1.35. The quantitative estimate of drug-likeness (QED) is 0.828. The van der Waals surface area contributed by atoms with Crippen LogP contribution in [-0.4, -0.2) is 18.6 Å². The van der Waals surface area contributed by atoms with Crippen LogP contribution in [0.4, 0.5) is 0 Å². The van der Waals surface area contributed by atoms with Gasteiger partial charge < -0.3 is 10.1 Å². The molecule has 1 saturated carbocycles. The topological polar surface area (TPSA) is 38.3 Å². The van der Waals surface area contributed by atoms with Crippen molar-refractivity contribution in [2.75, 3.05) is 6.61 Å². The summed E-state index contributed by atoms with van der Waals surface area (Å²) in [4.78, 5) is 11.8. The lowest BCUT2D eigenvalue weighted by Gasteiger charge is -2.28. The van der Waals surface area contributed by atoms with E-state index >= 15 is 0 Å². The first-order valence-corrected chi connectivity index (χ1v) is 7.23. The highest BCUT2D eigenvalue weighted by atomic mass is 16.5. The van der Waals surface area contributed by atoms with Crippen molar-refractivity contribution in [1.29, 1.82) is 0 Å². The molecule has 104 valence electrons. The number of rotatable bonds is 5. The standard InChI is InChI=1S/C16H23NO2/c1-2-19-16(18)14-9-6-10-15(11-14)17-12-13-7-4-3-5-8-13/h3-5,7-8,14-15,17H,2,6,9-12H2,1H3. The van der Waals surface area contributed by atoms with Gasteiger partial charge in [0.05, 0.1) is 12.5 Å². The Bertz CT molecular complexity index is 391. The van der Waals surface area contributed by atoms with E-state index < -0.39 is 0 Å². The lowest BCUT2D eigenvalue weighted by molar-refractivity contribution is -0.149. The number of ether oxygens (including phenoxy) is 1. The van der Waals surface area contributed by atoms with Gasteiger partial charge in [-0.25, -0.2) is 0 Å². The molecule has 19 heavy (non-hydrogen) atoms. The minimum absolute atomic E-state index is 0.0197. The molecule has 1 aliphatic carbocycles. The molecule has 1 aliphatic rings. The van der Waals surface area contributed by atoms with Gasteiger partial charge in [-0.1, -0.05) is 36.8 Å². The summed E-state index contributed by atoms with van der Waals surface area (Å²) in [5.74, 6) is 0.0654.